The number of carbonyl (C=O) groups excluding carboxylic acids is 1. The largest absolute Gasteiger partial charge is 0.324 e. The smallest absolute Gasteiger partial charge is 0.200 e. The second-order valence-electron chi connectivity index (χ2n) is 6.88. The summed E-state index contributed by atoms with van der Waals surface area (Å²) in [5.74, 6) is 0.0182. The van der Waals surface area contributed by atoms with Crippen LogP contribution in [-0.2, 0) is 13.0 Å². The number of pyridine rings is 1. The molecular weight excluding hydrogens is 362 g/mol. The molecule has 0 atom stereocenters. The SMILES string of the molecule is O=C(Cc1ccccn1)c1ccc2nnc3ncn(Cc4ccccc4)c3c2c1. The van der Waals surface area contributed by atoms with E-state index in [4.69, 9.17) is 0 Å². The summed E-state index contributed by atoms with van der Waals surface area (Å²) in [6.45, 7) is 0.671. The summed E-state index contributed by atoms with van der Waals surface area (Å²) in [6, 6.07) is 21.3. The molecule has 0 saturated heterocycles. The van der Waals surface area contributed by atoms with Crippen LogP contribution in [0.1, 0.15) is 21.6 Å². The molecule has 140 valence electrons. The van der Waals surface area contributed by atoms with Crippen molar-refractivity contribution < 1.29 is 4.79 Å². The third-order valence-electron chi connectivity index (χ3n) is 4.91. The zero-order chi connectivity index (χ0) is 19.6. The van der Waals surface area contributed by atoms with Crippen LogP contribution < -0.4 is 0 Å². The Bertz CT molecular complexity index is 1310. The van der Waals surface area contributed by atoms with Crippen molar-refractivity contribution in [3.05, 3.63) is 96.1 Å². The van der Waals surface area contributed by atoms with Gasteiger partial charge < -0.3 is 4.57 Å². The first-order chi connectivity index (χ1) is 14.3. The number of fused-ring (bicyclic) bond motifs is 3. The van der Waals surface area contributed by atoms with E-state index in [2.05, 4.69) is 36.9 Å². The van der Waals surface area contributed by atoms with E-state index in [0.29, 0.717) is 17.8 Å². The second kappa shape index (κ2) is 7.24. The van der Waals surface area contributed by atoms with Gasteiger partial charge in [0.05, 0.1) is 23.8 Å². The Morgan fingerprint density at radius 3 is 2.59 bits per heavy atom. The first-order valence-corrected chi connectivity index (χ1v) is 9.36. The lowest BCUT2D eigenvalue weighted by molar-refractivity contribution is 0.0992. The highest BCUT2D eigenvalue weighted by Crippen LogP contribution is 2.24. The number of hydrogen-bond acceptors (Lipinski definition) is 5. The molecule has 0 aliphatic carbocycles. The van der Waals surface area contributed by atoms with Crippen LogP contribution >= 0.6 is 0 Å². The van der Waals surface area contributed by atoms with Gasteiger partial charge in [-0.15, -0.1) is 10.2 Å². The number of carbonyl (C=O) groups is 1. The molecular formula is C23H17N5O. The molecule has 0 aliphatic rings. The van der Waals surface area contributed by atoms with Crippen molar-refractivity contribution >= 4 is 27.9 Å². The van der Waals surface area contributed by atoms with Crippen molar-refractivity contribution in [3.63, 3.8) is 0 Å². The first-order valence-electron chi connectivity index (χ1n) is 9.36. The second-order valence-corrected chi connectivity index (χ2v) is 6.88. The minimum Gasteiger partial charge on any atom is -0.324 e. The summed E-state index contributed by atoms with van der Waals surface area (Å²) in [5, 5.41) is 9.37. The third kappa shape index (κ3) is 3.36. The molecule has 0 spiro atoms. The fraction of sp³-hybridized carbons (Fsp3) is 0.0870. The van der Waals surface area contributed by atoms with Gasteiger partial charge in [0.2, 0.25) is 5.65 Å². The van der Waals surface area contributed by atoms with E-state index in [0.717, 1.165) is 22.1 Å². The van der Waals surface area contributed by atoms with Crippen molar-refractivity contribution in [2.75, 3.05) is 0 Å². The highest BCUT2D eigenvalue weighted by molar-refractivity contribution is 6.06. The number of ketones is 1. The van der Waals surface area contributed by atoms with Gasteiger partial charge in [0.1, 0.15) is 0 Å². The molecule has 6 heteroatoms. The van der Waals surface area contributed by atoms with Crippen LogP contribution in [0.2, 0.25) is 0 Å². The average Bonchev–Trinajstić information content (AvgIpc) is 3.18. The van der Waals surface area contributed by atoms with Crippen molar-refractivity contribution in [3.8, 4) is 0 Å². The topological polar surface area (TPSA) is 73.6 Å². The van der Waals surface area contributed by atoms with Crippen molar-refractivity contribution in [1.82, 2.24) is 24.7 Å². The molecule has 5 rings (SSSR count). The highest BCUT2D eigenvalue weighted by atomic mass is 16.1. The van der Waals surface area contributed by atoms with Crippen molar-refractivity contribution in [2.45, 2.75) is 13.0 Å². The standard InChI is InChI=1S/C23H17N5O/c29-21(13-18-8-4-5-11-24-18)17-9-10-20-19(12-17)22-23(27-26-20)25-15-28(22)14-16-6-2-1-3-7-16/h1-12,15H,13-14H2. The Morgan fingerprint density at radius 1 is 0.897 bits per heavy atom. The van der Waals surface area contributed by atoms with Gasteiger partial charge in [-0.1, -0.05) is 36.4 Å². The Balaban J connectivity index is 1.57. The molecule has 5 aromatic rings. The van der Waals surface area contributed by atoms with Gasteiger partial charge in [-0.2, -0.15) is 0 Å². The van der Waals surface area contributed by atoms with E-state index in [1.54, 1.807) is 18.6 Å². The van der Waals surface area contributed by atoms with Crippen LogP contribution in [0.3, 0.4) is 0 Å². The first kappa shape index (κ1) is 17.2. The lowest BCUT2D eigenvalue weighted by Crippen LogP contribution is -2.05. The molecule has 0 unspecified atom stereocenters. The molecule has 3 aromatic heterocycles. The number of benzene rings is 2. The van der Waals surface area contributed by atoms with Crippen molar-refractivity contribution in [1.29, 1.82) is 0 Å². The molecule has 0 amide bonds. The van der Waals surface area contributed by atoms with Crippen LogP contribution in [-0.4, -0.2) is 30.5 Å². The number of nitrogens with zero attached hydrogens (tertiary/aromatic N) is 5. The van der Waals surface area contributed by atoms with Crippen molar-refractivity contribution in [2.24, 2.45) is 0 Å². The number of Topliss-reactive ketones (excluding diaryl/α,β-unsaturated/α-hetero) is 1. The minimum absolute atomic E-state index is 0.0182. The molecule has 29 heavy (non-hydrogen) atoms. The predicted octanol–water partition coefficient (Wildman–Crippen LogP) is 3.85. The lowest BCUT2D eigenvalue weighted by Gasteiger charge is -2.08. The molecule has 0 radical (unpaired) electrons. The van der Waals surface area contributed by atoms with Crippen LogP contribution in [0.4, 0.5) is 0 Å². The maximum Gasteiger partial charge on any atom is 0.200 e. The lowest BCUT2D eigenvalue weighted by atomic mass is 10.0. The Hall–Kier alpha value is -3.93. The minimum atomic E-state index is 0.0182. The summed E-state index contributed by atoms with van der Waals surface area (Å²) in [7, 11) is 0. The fourth-order valence-corrected chi connectivity index (χ4v) is 3.48. The molecule has 0 N–H and O–H groups in total. The zero-order valence-electron chi connectivity index (χ0n) is 15.6. The van der Waals surface area contributed by atoms with Gasteiger partial charge in [-0.3, -0.25) is 9.78 Å². The van der Waals surface area contributed by atoms with Crippen LogP contribution in [0.5, 0.6) is 0 Å². The van der Waals surface area contributed by atoms with E-state index >= 15 is 0 Å². The Labute approximate surface area is 166 Å². The molecule has 0 fully saturated rings. The zero-order valence-corrected chi connectivity index (χ0v) is 15.6. The average molecular weight is 379 g/mol. The molecule has 0 bridgehead atoms. The van der Waals surface area contributed by atoms with Crippen LogP contribution in [0.15, 0.2) is 79.3 Å². The van der Waals surface area contributed by atoms with Gasteiger partial charge in [-0.05, 0) is 35.9 Å². The highest BCUT2D eigenvalue weighted by Gasteiger charge is 2.14. The molecule has 3 heterocycles. The van der Waals surface area contributed by atoms with Gasteiger partial charge in [0.15, 0.2) is 5.78 Å². The third-order valence-corrected chi connectivity index (χ3v) is 4.91. The van der Waals surface area contributed by atoms with E-state index in [9.17, 15) is 4.79 Å². The molecule has 2 aromatic carbocycles. The number of rotatable bonds is 5. The molecule has 0 saturated carbocycles. The fourth-order valence-electron chi connectivity index (χ4n) is 3.48. The van der Waals surface area contributed by atoms with Crippen LogP contribution in [0, 0.1) is 0 Å². The quantitative estimate of drug-likeness (QED) is 0.434. The molecule has 6 nitrogen and oxygen atoms in total. The number of imidazole rings is 1. The normalized spacial score (nSPS) is 11.2. The Kier molecular flexibility index (Phi) is 4.29. The maximum atomic E-state index is 12.8. The van der Waals surface area contributed by atoms with E-state index in [1.807, 2.05) is 48.5 Å². The van der Waals surface area contributed by atoms with Gasteiger partial charge in [0, 0.05) is 29.4 Å². The summed E-state index contributed by atoms with van der Waals surface area (Å²) < 4.78 is 2.05. The summed E-state index contributed by atoms with van der Waals surface area (Å²) in [5.41, 5.74) is 4.74. The predicted molar refractivity (Wildman–Crippen MR) is 111 cm³/mol. The van der Waals surface area contributed by atoms with Gasteiger partial charge in [0.25, 0.3) is 0 Å². The van der Waals surface area contributed by atoms with E-state index in [-0.39, 0.29) is 12.2 Å². The van der Waals surface area contributed by atoms with E-state index < -0.39 is 0 Å². The number of hydrogen-bond donors (Lipinski definition) is 0. The maximum absolute atomic E-state index is 12.8. The van der Waals surface area contributed by atoms with Crippen LogP contribution in [0.25, 0.3) is 22.1 Å². The van der Waals surface area contributed by atoms with Gasteiger partial charge >= 0.3 is 0 Å². The molecule has 0 aliphatic heterocycles. The summed E-state index contributed by atoms with van der Waals surface area (Å²) >= 11 is 0. The number of aromatic nitrogens is 5. The monoisotopic (exact) mass is 379 g/mol. The summed E-state index contributed by atoms with van der Waals surface area (Å²) in [4.78, 5) is 21.5. The van der Waals surface area contributed by atoms with E-state index in [1.165, 1.54) is 5.56 Å². The Morgan fingerprint density at radius 2 is 1.76 bits per heavy atom. The van der Waals surface area contributed by atoms with Gasteiger partial charge in [-0.25, -0.2) is 4.98 Å². The summed E-state index contributed by atoms with van der Waals surface area (Å²) in [6.07, 6.45) is 3.73.